The van der Waals surface area contributed by atoms with Gasteiger partial charge in [0.2, 0.25) is 0 Å². The molecule has 190 valence electrons. The highest BCUT2D eigenvalue weighted by Gasteiger charge is 2.11. The number of carbonyl (C=O) groups is 1. The summed E-state index contributed by atoms with van der Waals surface area (Å²) < 4.78 is 24.9. The highest BCUT2D eigenvalue weighted by molar-refractivity contribution is 5.92. The number of nitrogens with zero attached hydrogens (tertiary/aromatic N) is 2. The molecule has 0 fully saturated rings. The van der Waals surface area contributed by atoms with Crippen LogP contribution in [0, 0.1) is 18.6 Å². The Kier molecular flexibility index (Phi) is 13.1. The molecule has 0 radical (unpaired) electrons. The predicted octanol–water partition coefficient (Wildman–Crippen LogP) is 4.57. The van der Waals surface area contributed by atoms with E-state index < -0.39 is 17.5 Å². The minimum Gasteiger partial charge on any atom is -0.348 e. The Balaban J connectivity index is 0.000000507. The second kappa shape index (κ2) is 15.5. The average molecular weight is 488 g/mol. The molecule has 0 aliphatic carbocycles. The van der Waals surface area contributed by atoms with Crippen molar-refractivity contribution in [3.05, 3.63) is 82.8 Å². The zero-order valence-corrected chi connectivity index (χ0v) is 21.0. The number of hydrogen-bond donors (Lipinski definition) is 4. The minimum absolute atomic E-state index is 0.175. The lowest BCUT2D eigenvalue weighted by Gasteiger charge is -2.14. The summed E-state index contributed by atoms with van der Waals surface area (Å²) in [6, 6.07) is 5.31. The Labute approximate surface area is 206 Å². The maximum Gasteiger partial charge on any atom is 0.293 e. The smallest absolute Gasteiger partial charge is 0.293 e. The Morgan fingerprint density at radius 3 is 2.57 bits per heavy atom. The molecular weight excluding hydrogens is 452 g/mol. The quantitative estimate of drug-likeness (QED) is 0.137. The largest absolute Gasteiger partial charge is 0.348 e. The van der Waals surface area contributed by atoms with Crippen molar-refractivity contribution in [3.8, 4) is 0 Å². The molecule has 0 atom stereocenters. The molecule has 1 aromatic carbocycles. The van der Waals surface area contributed by atoms with Gasteiger partial charge in [-0.2, -0.15) is 0 Å². The standard InChI is InChI=1S/C18H27N5O2.C8H8F2/c1-6-15(11-20-8-7-13(3)22-14(4)19-5)16-9-17(18(24)23-25)21-10-12(16)2;1-2-6-3-4-7(9)5-8(6)10/h6,9-10,20,25H,3,7-8,11H2,1-2,4-5H3,(H,19,22)(H,23,24);3-5H,2H2,1H3/b15-6-;. The third kappa shape index (κ3) is 10.2. The molecule has 2 aromatic rings. The molecule has 0 aliphatic heterocycles. The molecule has 1 heterocycles. The van der Waals surface area contributed by atoms with Crippen molar-refractivity contribution in [2.45, 2.75) is 40.5 Å². The van der Waals surface area contributed by atoms with Gasteiger partial charge in [-0.1, -0.05) is 25.6 Å². The van der Waals surface area contributed by atoms with Gasteiger partial charge in [0.25, 0.3) is 5.91 Å². The van der Waals surface area contributed by atoms with Crippen LogP contribution in [0.15, 0.2) is 53.8 Å². The normalized spacial score (nSPS) is 11.4. The van der Waals surface area contributed by atoms with Crippen molar-refractivity contribution < 1.29 is 18.8 Å². The van der Waals surface area contributed by atoms with Gasteiger partial charge in [0.05, 0.1) is 5.84 Å². The van der Waals surface area contributed by atoms with Crippen molar-refractivity contribution >= 4 is 17.3 Å². The maximum absolute atomic E-state index is 12.6. The molecular formula is C26H35F2N5O2. The zero-order chi connectivity index (χ0) is 26.4. The van der Waals surface area contributed by atoms with Crippen LogP contribution in [0.4, 0.5) is 8.78 Å². The molecule has 0 unspecified atom stereocenters. The number of aromatic nitrogens is 1. The summed E-state index contributed by atoms with van der Waals surface area (Å²) in [5, 5.41) is 15.3. The van der Waals surface area contributed by atoms with E-state index >= 15 is 0 Å². The van der Waals surface area contributed by atoms with Crippen LogP contribution in [0.5, 0.6) is 0 Å². The van der Waals surface area contributed by atoms with E-state index in [1.165, 1.54) is 12.1 Å². The van der Waals surface area contributed by atoms with E-state index in [0.717, 1.165) is 47.3 Å². The second-order valence-electron chi connectivity index (χ2n) is 7.69. The first-order chi connectivity index (χ1) is 16.7. The molecule has 0 bridgehead atoms. The van der Waals surface area contributed by atoms with E-state index in [1.54, 1.807) is 24.8 Å². The highest BCUT2D eigenvalue weighted by Crippen LogP contribution is 2.19. The lowest BCUT2D eigenvalue weighted by atomic mass is 10.0. The van der Waals surface area contributed by atoms with E-state index in [2.05, 4.69) is 27.2 Å². The lowest BCUT2D eigenvalue weighted by molar-refractivity contribution is 0.0700. The summed E-state index contributed by atoms with van der Waals surface area (Å²) in [6.45, 7) is 13.0. The molecule has 0 saturated carbocycles. The molecule has 7 nitrogen and oxygen atoms in total. The van der Waals surface area contributed by atoms with Gasteiger partial charge in [0.1, 0.15) is 17.3 Å². The number of nitrogens with one attached hydrogen (secondary N) is 3. The van der Waals surface area contributed by atoms with Crippen LogP contribution in [-0.4, -0.2) is 42.1 Å². The van der Waals surface area contributed by atoms with Crippen LogP contribution in [-0.2, 0) is 6.42 Å². The number of halogens is 2. The molecule has 0 spiro atoms. The van der Waals surface area contributed by atoms with Gasteiger partial charge >= 0.3 is 0 Å². The van der Waals surface area contributed by atoms with Crippen molar-refractivity contribution in [2.24, 2.45) is 4.99 Å². The number of hydrogen-bond acceptors (Lipinski definition) is 5. The fourth-order valence-electron chi connectivity index (χ4n) is 3.05. The SMILES string of the molecule is C=C(CCNC/C(=C/C)c1cc(C(=O)NO)ncc1C)NC(C)=NC.CCc1ccc(F)cc1F. The minimum atomic E-state index is -0.625. The van der Waals surface area contributed by atoms with Crippen LogP contribution in [0.25, 0.3) is 5.57 Å². The van der Waals surface area contributed by atoms with Gasteiger partial charge in [-0.3, -0.25) is 20.0 Å². The van der Waals surface area contributed by atoms with E-state index in [-0.39, 0.29) is 5.69 Å². The van der Waals surface area contributed by atoms with Crippen LogP contribution < -0.4 is 16.1 Å². The third-order valence-electron chi connectivity index (χ3n) is 5.14. The number of amides is 1. The monoisotopic (exact) mass is 487 g/mol. The Hall–Kier alpha value is -3.43. The molecule has 0 aliphatic rings. The molecule has 4 N–H and O–H groups in total. The number of rotatable bonds is 9. The number of aryl methyl sites for hydroxylation is 2. The first kappa shape index (κ1) is 29.6. The fourth-order valence-corrected chi connectivity index (χ4v) is 3.05. The summed E-state index contributed by atoms with van der Waals surface area (Å²) >= 11 is 0. The number of pyridine rings is 1. The number of allylic oxidation sites excluding steroid dienone is 1. The van der Waals surface area contributed by atoms with Gasteiger partial charge in [0, 0.05) is 38.1 Å². The topological polar surface area (TPSA) is 98.6 Å². The van der Waals surface area contributed by atoms with E-state index in [0.29, 0.717) is 18.5 Å². The summed E-state index contributed by atoms with van der Waals surface area (Å²) in [5.41, 5.74) is 6.18. The maximum atomic E-state index is 12.6. The number of carbonyl (C=O) groups excluding carboxylic acids is 1. The molecule has 35 heavy (non-hydrogen) atoms. The molecule has 1 amide bonds. The zero-order valence-electron chi connectivity index (χ0n) is 21.0. The molecule has 0 saturated heterocycles. The van der Waals surface area contributed by atoms with Crippen molar-refractivity contribution in [1.29, 1.82) is 0 Å². The summed E-state index contributed by atoms with van der Waals surface area (Å²) in [7, 11) is 1.73. The average Bonchev–Trinajstić information content (AvgIpc) is 2.84. The Bertz CT molecular complexity index is 1070. The van der Waals surface area contributed by atoms with Gasteiger partial charge in [0.15, 0.2) is 0 Å². The highest BCUT2D eigenvalue weighted by atomic mass is 19.1. The summed E-state index contributed by atoms with van der Waals surface area (Å²) in [4.78, 5) is 19.6. The number of amidine groups is 1. The first-order valence-corrected chi connectivity index (χ1v) is 11.3. The summed E-state index contributed by atoms with van der Waals surface area (Å²) in [6.07, 6.45) is 5.00. The number of hydroxylamine groups is 1. The predicted molar refractivity (Wildman–Crippen MR) is 136 cm³/mol. The number of benzene rings is 1. The number of aliphatic imine (C=N–C) groups is 1. The van der Waals surface area contributed by atoms with Crippen molar-refractivity contribution in [1.82, 2.24) is 21.1 Å². The second-order valence-corrected chi connectivity index (χ2v) is 7.69. The van der Waals surface area contributed by atoms with E-state index in [4.69, 9.17) is 5.21 Å². The third-order valence-corrected chi connectivity index (χ3v) is 5.14. The van der Waals surface area contributed by atoms with Gasteiger partial charge in [-0.05, 0) is 68.0 Å². The molecule has 2 rings (SSSR count). The Morgan fingerprint density at radius 2 is 2.00 bits per heavy atom. The first-order valence-electron chi connectivity index (χ1n) is 11.3. The van der Waals surface area contributed by atoms with Crippen LogP contribution in [0.2, 0.25) is 0 Å². The van der Waals surface area contributed by atoms with Gasteiger partial charge < -0.3 is 10.6 Å². The van der Waals surface area contributed by atoms with E-state index in [1.807, 2.05) is 33.8 Å². The molecule has 9 heteroatoms. The van der Waals surface area contributed by atoms with Crippen LogP contribution >= 0.6 is 0 Å². The van der Waals surface area contributed by atoms with Gasteiger partial charge in [-0.15, -0.1) is 0 Å². The fraction of sp³-hybridized carbons (Fsp3) is 0.346. The van der Waals surface area contributed by atoms with Crippen LogP contribution in [0.3, 0.4) is 0 Å². The van der Waals surface area contributed by atoms with Crippen molar-refractivity contribution in [3.63, 3.8) is 0 Å². The summed E-state index contributed by atoms with van der Waals surface area (Å²) in [5.74, 6) is -0.765. The van der Waals surface area contributed by atoms with Gasteiger partial charge in [-0.25, -0.2) is 14.3 Å². The molecule has 1 aromatic heterocycles. The lowest BCUT2D eigenvalue weighted by Crippen LogP contribution is -2.24. The Morgan fingerprint density at radius 1 is 1.29 bits per heavy atom. The van der Waals surface area contributed by atoms with Crippen molar-refractivity contribution in [2.75, 3.05) is 20.1 Å². The van der Waals surface area contributed by atoms with E-state index in [9.17, 15) is 13.6 Å². The van der Waals surface area contributed by atoms with Crippen LogP contribution in [0.1, 0.15) is 54.4 Å².